The zero-order chi connectivity index (χ0) is 22.8. The normalized spacial score (nSPS) is 11.3. The Balaban J connectivity index is 1.46. The van der Waals surface area contributed by atoms with Gasteiger partial charge in [0.25, 0.3) is 0 Å². The van der Waals surface area contributed by atoms with Crippen molar-refractivity contribution in [2.45, 2.75) is 5.60 Å². The molecule has 33 heavy (non-hydrogen) atoms. The van der Waals surface area contributed by atoms with E-state index in [0.29, 0.717) is 37.9 Å². The number of nitrogen functional groups attached to an aromatic ring is 1. The third kappa shape index (κ3) is 5.43. The molecule has 0 aliphatic rings. The number of benzene rings is 4. The van der Waals surface area contributed by atoms with Crippen LogP contribution < -0.4 is 10.5 Å². The zero-order valence-corrected chi connectivity index (χ0v) is 18.6. The number of ether oxygens (including phenoxy) is 3. The van der Waals surface area contributed by atoms with E-state index in [4.69, 9.17) is 19.9 Å². The molecule has 0 aliphatic heterocycles. The third-order valence-electron chi connectivity index (χ3n) is 5.49. The lowest BCUT2D eigenvalue weighted by molar-refractivity contribution is -0.0271. The van der Waals surface area contributed by atoms with Crippen LogP contribution in [0.4, 0.5) is 5.69 Å². The minimum atomic E-state index is -0.734. The monoisotopic (exact) mass is 439 g/mol. The highest BCUT2D eigenvalue weighted by Crippen LogP contribution is 2.40. The van der Waals surface area contributed by atoms with Gasteiger partial charge in [0.2, 0.25) is 0 Å². The largest absolute Gasteiger partial charge is 0.489 e. The molecule has 168 valence electrons. The van der Waals surface area contributed by atoms with Gasteiger partial charge in [-0.3, -0.25) is 0 Å². The van der Waals surface area contributed by atoms with Crippen LogP contribution in [0.3, 0.4) is 0 Å². The molecule has 0 unspecified atom stereocenters. The second-order valence-corrected chi connectivity index (χ2v) is 7.63. The Morgan fingerprint density at radius 2 is 0.970 bits per heavy atom. The van der Waals surface area contributed by atoms with E-state index < -0.39 is 5.60 Å². The molecule has 0 fully saturated rings. The Kier molecular flexibility index (Phi) is 7.75. The molecule has 0 spiro atoms. The minimum absolute atomic E-state index is 0.423. The van der Waals surface area contributed by atoms with Gasteiger partial charge in [-0.15, -0.1) is 0 Å². The number of anilines is 1. The summed E-state index contributed by atoms with van der Waals surface area (Å²) in [6, 6.07) is 38.4. The Labute approximate surface area is 195 Å². The molecule has 0 bridgehead atoms. The third-order valence-corrected chi connectivity index (χ3v) is 5.49. The summed E-state index contributed by atoms with van der Waals surface area (Å²) < 4.78 is 18.2. The van der Waals surface area contributed by atoms with Crippen molar-refractivity contribution in [2.75, 3.05) is 32.2 Å². The molecule has 0 heterocycles. The molecule has 0 amide bonds. The summed E-state index contributed by atoms with van der Waals surface area (Å²) in [6.07, 6.45) is 0. The summed E-state index contributed by atoms with van der Waals surface area (Å²) >= 11 is 0. The van der Waals surface area contributed by atoms with Gasteiger partial charge in [-0.05, 0) is 28.8 Å². The molecule has 4 rings (SSSR count). The van der Waals surface area contributed by atoms with Crippen molar-refractivity contribution in [3.63, 3.8) is 0 Å². The van der Waals surface area contributed by atoms with Crippen molar-refractivity contribution in [1.82, 2.24) is 0 Å². The maximum absolute atomic E-state index is 6.69. The van der Waals surface area contributed by atoms with E-state index in [9.17, 15) is 0 Å². The van der Waals surface area contributed by atoms with Crippen LogP contribution in [-0.2, 0) is 15.1 Å². The molecule has 0 atom stereocenters. The first kappa shape index (κ1) is 22.6. The first-order chi connectivity index (χ1) is 16.3. The Hall–Kier alpha value is -3.60. The SMILES string of the molecule is Nc1ccccc1OCCOCCOC(c1ccccc1)(c1ccccc1)c1ccccc1. The smallest absolute Gasteiger partial charge is 0.143 e. The summed E-state index contributed by atoms with van der Waals surface area (Å²) in [7, 11) is 0. The molecule has 0 aromatic heterocycles. The van der Waals surface area contributed by atoms with Crippen molar-refractivity contribution in [2.24, 2.45) is 0 Å². The van der Waals surface area contributed by atoms with Gasteiger partial charge in [-0.2, -0.15) is 0 Å². The second-order valence-electron chi connectivity index (χ2n) is 7.63. The first-order valence-corrected chi connectivity index (χ1v) is 11.2. The van der Waals surface area contributed by atoms with Gasteiger partial charge in [0.05, 0.1) is 25.5 Å². The van der Waals surface area contributed by atoms with Gasteiger partial charge in [0.1, 0.15) is 18.0 Å². The number of para-hydroxylation sites is 2. The molecule has 0 saturated carbocycles. The molecular formula is C29H29NO3. The quantitative estimate of drug-likeness (QED) is 0.186. The lowest BCUT2D eigenvalue weighted by atomic mass is 9.80. The lowest BCUT2D eigenvalue weighted by Gasteiger charge is -2.36. The number of hydrogen-bond donors (Lipinski definition) is 1. The molecule has 4 aromatic rings. The average Bonchev–Trinajstić information content (AvgIpc) is 2.88. The Bertz CT molecular complexity index is 1000. The number of hydrogen-bond acceptors (Lipinski definition) is 4. The van der Waals surface area contributed by atoms with Gasteiger partial charge in [0.15, 0.2) is 0 Å². The van der Waals surface area contributed by atoms with E-state index in [1.165, 1.54) is 0 Å². The predicted octanol–water partition coefficient (Wildman–Crippen LogP) is 5.67. The average molecular weight is 440 g/mol. The molecule has 2 N–H and O–H groups in total. The van der Waals surface area contributed by atoms with Crippen molar-refractivity contribution >= 4 is 5.69 Å². The summed E-state index contributed by atoms with van der Waals surface area (Å²) in [6.45, 7) is 1.75. The molecule has 4 heteroatoms. The topological polar surface area (TPSA) is 53.7 Å². The highest BCUT2D eigenvalue weighted by atomic mass is 16.6. The van der Waals surface area contributed by atoms with Crippen LogP contribution >= 0.6 is 0 Å². The van der Waals surface area contributed by atoms with E-state index in [-0.39, 0.29) is 0 Å². The second kappa shape index (κ2) is 11.3. The van der Waals surface area contributed by atoms with E-state index in [2.05, 4.69) is 36.4 Å². The van der Waals surface area contributed by atoms with Crippen LogP contribution in [0.25, 0.3) is 0 Å². The van der Waals surface area contributed by atoms with E-state index in [1.54, 1.807) is 0 Å². The van der Waals surface area contributed by atoms with Crippen LogP contribution in [0.1, 0.15) is 16.7 Å². The summed E-state index contributed by atoms with van der Waals surface area (Å²) in [5.41, 5.74) is 9.02. The molecular weight excluding hydrogens is 410 g/mol. The standard InChI is InChI=1S/C29H29NO3/c30-27-18-10-11-19-28(27)32-22-20-31-21-23-33-29(24-12-4-1-5-13-24,25-14-6-2-7-15-25)26-16-8-3-9-17-26/h1-19H,20-23,30H2. The highest BCUT2D eigenvalue weighted by Gasteiger charge is 2.37. The fourth-order valence-corrected chi connectivity index (χ4v) is 3.95. The van der Waals surface area contributed by atoms with Gasteiger partial charge in [0, 0.05) is 0 Å². The van der Waals surface area contributed by atoms with Crippen molar-refractivity contribution in [1.29, 1.82) is 0 Å². The Morgan fingerprint density at radius 1 is 0.515 bits per heavy atom. The van der Waals surface area contributed by atoms with Crippen molar-refractivity contribution < 1.29 is 14.2 Å². The van der Waals surface area contributed by atoms with Crippen LogP contribution in [0.15, 0.2) is 115 Å². The summed E-state index contributed by atoms with van der Waals surface area (Å²) in [5, 5.41) is 0. The molecule has 4 nitrogen and oxygen atoms in total. The van der Waals surface area contributed by atoms with Crippen LogP contribution in [0.5, 0.6) is 5.75 Å². The van der Waals surface area contributed by atoms with Gasteiger partial charge >= 0.3 is 0 Å². The maximum atomic E-state index is 6.69. The summed E-state index contributed by atoms with van der Waals surface area (Å²) in [4.78, 5) is 0. The van der Waals surface area contributed by atoms with Crippen molar-refractivity contribution in [3.8, 4) is 5.75 Å². The van der Waals surface area contributed by atoms with Gasteiger partial charge in [-0.25, -0.2) is 0 Å². The van der Waals surface area contributed by atoms with Crippen LogP contribution in [-0.4, -0.2) is 26.4 Å². The van der Waals surface area contributed by atoms with E-state index >= 15 is 0 Å². The fourth-order valence-electron chi connectivity index (χ4n) is 3.95. The summed E-state index contributed by atoms with van der Waals surface area (Å²) in [5.74, 6) is 0.675. The number of rotatable bonds is 11. The lowest BCUT2D eigenvalue weighted by Crippen LogP contribution is -2.34. The zero-order valence-electron chi connectivity index (χ0n) is 18.6. The van der Waals surface area contributed by atoms with Gasteiger partial charge in [-0.1, -0.05) is 103 Å². The molecule has 0 aliphatic carbocycles. The maximum Gasteiger partial charge on any atom is 0.143 e. The van der Waals surface area contributed by atoms with E-state index in [1.807, 2.05) is 78.9 Å². The van der Waals surface area contributed by atoms with Crippen molar-refractivity contribution in [3.05, 3.63) is 132 Å². The molecule has 0 saturated heterocycles. The molecule has 4 aromatic carbocycles. The Morgan fingerprint density at radius 3 is 1.48 bits per heavy atom. The van der Waals surface area contributed by atoms with Crippen LogP contribution in [0, 0.1) is 0 Å². The minimum Gasteiger partial charge on any atom is -0.489 e. The number of nitrogens with two attached hydrogens (primary N) is 1. The molecule has 0 radical (unpaired) electrons. The first-order valence-electron chi connectivity index (χ1n) is 11.2. The fraction of sp³-hybridized carbons (Fsp3) is 0.172. The van der Waals surface area contributed by atoms with E-state index in [0.717, 1.165) is 16.7 Å². The van der Waals surface area contributed by atoms with Gasteiger partial charge < -0.3 is 19.9 Å². The highest BCUT2D eigenvalue weighted by molar-refractivity contribution is 5.51. The predicted molar refractivity (Wildman–Crippen MR) is 132 cm³/mol. The van der Waals surface area contributed by atoms with Crippen LogP contribution in [0.2, 0.25) is 0 Å².